The quantitative estimate of drug-likeness (QED) is 0.699. The molecule has 0 saturated heterocycles. The van der Waals surface area contributed by atoms with E-state index in [9.17, 15) is 5.11 Å². The van der Waals surface area contributed by atoms with E-state index in [1.54, 1.807) is 0 Å². The fourth-order valence-corrected chi connectivity index (χ4v) is 1.98. The van der Waals surface area contributed by atoms with E-state index in [4.69, 9.17) is 0 Å². The molecule has 3 heteroatoms. The Morgan fingerprint density at radius 2 is 1.62 bits per heavy atom. The molecule has 98 valence electrons. The van der Waals surface area contributed by atoms with Crippen LogP contribution in [0.25, 0.3) is 0 Å². The van der Waals surface area contributed by atoms with Crippen molar-refractivity contribution in [3.63, 3.8) is 0 Å². The largest absolute Gasteiger partial charge is 0.389 e. The van der Waals surface area contributed by atoms with Crippen LogP contribution in [0.5, 0.6) is 0 Å². The highest BCUT2D eigenvalue weighted by Crippen LogP contribution is 2.16. The molecule has 0 saturated carbocycles. The topological polar surface area (TPSA) is 35.5 Å². The third-order valence-corrected chi connectivity index (χ3v) is 2.34. The maximum absolute atomic E-state index is 9.75. The molecule has 0 aromatic rings. The Kier molecular flexibility index (Phi) is 5.94. The summed E-state index contributed by atoms with van der Waals surface area (Å²) in [7, 11) is 2.06. The molecule has 16 heavy (non-hydrogen) atoms. The molecule has 0 unspecified atom stereocenters. The minimum atomic E-state index is -0.615. The van der Waals surface area contributed by atoms with E-state index in [1.165, 1.54) is 0 Å². The van der Waals surface area contributed by atoms with Crippen molar-refractivity contribution in [1.82, 2.24) is 10.2 Å². The van der Waals surface area contributed by atoms with Crippen molar-refractivity contribution in [3.8, 4) is 0 Å². The molecule has 0 atom stereocenters. The van der Waals surface area contributed by atoms with Crippen LogP contribution in [-0.4, -0.2) is 48.3 Å². The van der Waals surface area contributed by atoms with Gasteiger partial charge in [-0.3, -0.25) is 0 Å². The number of rotatable bonds is 7. The van der Waals surface area contributed by atoms with E-state index in [1.807, 2.05) is 13.8 Å². The van der Waals surface area contributed by atoms with E-state index in [2.05, 4.69) is 45.0 Å². The Labute approximate surface area is 101 Å². The van der Waals surface area contributed by atoms with Crippen molar-refractivity contribution in [2.24, 2.45) is 5.41 Å². The summed E-state index contributed by atoms with van der Waals surface area (Å²) in [5.74, 6) is 0. The lowest BCUT2D eigenvalue weighted by Gasteiger charge is -2.34. The zero-order chi connectivity index (χ0) is 13.0. The molecule has 0 fully saturated rings. The molecule has 0 spiro atoms. The molecule has 0 rings (SSSR count). The number of nitrogens with one attached hydrogen (secondary N) is 1. The van der Waals surface area contributed by atoms with Crippen LogP contribution < -0.4 is 5.32 Å². The fourth-order valence-electron chi connectivity index (χ4n) is 1.98. The molecule has 0 aliphatic rings. The van der Waals surface area contributed by atoms with E-state index >= 15 is 0 Å². The van der Waals surface area contributed by atoms with Gasteiger partial charge in [0.1, 0.15) is 0 Å². The van der Waals surface area contributed by atoms with Crippen molar-refractivity contribution >= 4 is 0 Å². The van der Waals surface area contributed by atoms with Crippen LogP contribution in [0.15, 0.2) is 0 Å². The fraction of sp³-hybridized carbons (Fsp3) is 1.00. The van der Waals surface area contributed by atoms with Crippen molar-refractivity contribution in [2.45, 2.75) is 53.2 Å². The molecule has 0 aliphatic carbocycles. The second-order valence-corrected chi connectivity index (χ2v) is 6.68. The third-order valence-electron chi connectivity index (χ3n) is 2.34. The predicted molar refractivity (Wildman–Crippen MR) is 70.7 cm³/mol. The van der Waals surface area contributed by atoms with Gasteiger partial charge in [0, 0.05) is 25.7 Å². The Morgan fingerprint density at radius 3 is 2.00 bits per heavy atom. The highest BCUT2D eigenvalue weighted by molar-refractivity contribution is 4.79. The molecule has 3 nitrogen and oxygen atoms in total. The second kappa shape index (κ2) is 5.99. The van der Waals surface area contributed by atoms with Gasteiger partial charge in [0.25, 0.3) is 0 Å². The summed E-state index contributed by atoms with van der Waals surface area (Å²) < 4.78 is 0. The predicted octanol–water partition coefficient (Wildman–Crippen LogP) is 1.71. The second-order valence-electron chi connectivity index (χ2n) is 6.68. The van der Waals surface area contributed by atoms with E-state index in [-0.39, 0.29) is 5.41 Å². The summed E-state index contributed by atoms with van der Waals surface area (Å²) in [6, 6.07) is 0.527. The maximum Gasteiger partial charge on any atom is 0.0718 e. The summed E-state index contributed by atoms with van der Waals surface area (Å²) >= 11 is 0. The molecule has 0 aliphatic heterocycles. The number of hydrogen-bond acceptors (Lipinski definition) is 3. The lowest BCUT2D eigenvalue weighted by atomic mass is 9.92. The van der Waals surface area contributed by atoms with Gasteiger partial charge in [0.05, 0.1) is 5.60 Å². The van der Waals surface area contributed by atoms with Gasteiger partial charge in [-0.05, 0) is 26.3 Å². The minimum Gasteiger partial charge on any atom is -0.389 e. The monoisotopic (exact) mass is 230 g/mol. The van der Waals surface area contributed by atoms with Gasteiger partial charge < -0.3 is 15.3 Å². The van der Waals surface area contributed by atoms with Crippen LogP contribution in [0.1, 0.15) is 41.5 Å². The van der Waals surface area contributed by atoms with Gasteiger partial charge in [-0.15, -0.1) is 0 Å². The van der Waals surface area contributed by atoms with Crippen LogP contribution in [0, 0.1) is 5.41 Å². The Hall–Kier alpha value is -0.120. The minimum absolute atomic E-state index is 0.226. The summed E-state index contributed by atoms with van der Waals surface area (Å²) in [4.78, 5) is 2.20. The zero-order valence-corrected chi connectivity index (χ0v) is 12.1. The van der Waals surface area contributed by atoms with E-state index in [0.29, 0.717) is 12.6 Å². The van der Waals surface area contributed by atoms with Crippen LogP contribution >= 0.6 is 0 Å². The standard InChI is InChI=1S/C13H30N2O/c1-11(2)14-8-12(3,4)9-15(7)10-13(5,6)16/h11,14,16H,8-10H2,1-7H3. The van der Waals surface area contributed by atoms with Gasteiger partial charge in [0.2, 0.25) is 0 Å². The van der Waals surface area contributed by atoms with Crippen molar-refractivity contribution in [1.29, 1.82) is 0 Å². The molecular weight excluding hydrogens is 200 g/mol. The zero-order valence-electron chi connectivity index (χ0n) is 12.1. The molecule has 0 bridgehead atoms. The number of nitrogens with zero attached hydrogens (tertiary/aromatic N) is 1. The van der Waals surface area contributed by atoms with Gasteiger partial charge >= 0.3 is 0 Å². The van der Waals surface area contributed by atoms with Crippen molar-refractivity contribution in [3.05, 3.63) is 0 Å². The molecule has 0 aromatic carbocycles. The highest BCUT2D eigenvalue weighted by atomic mass is 16.3. The van der Waals surface area contributed by atoms with Gasteiger partial charge in [0.15, 0.2) is 0 Å². The molecule has 0 amide bonds. The van der Waals surface area contributed by atoms with Crippen LogP contribution in [0.2, 0.25) is 0 Å². The van der Waals surface area contributed by atoms with Crippen LogP contribution in [0.3, 0.4) is 0 Å². The van der Waals surface area contributed by atoms with Crippen molar-refractivity contribution < 1.29 is 5.11 Å². The number of aliphatic hydroxyl groups is 1. The van der Waals surface area contributed by atoms with E-state index < -0.39 is 5.60 Å². The summed E-state index contributed by atoms with van der Waals surface area (Å²) in [6.45, 7) is 15.2. The Morgan fingerprint density at radius 1 is 1.12 bits per heavy atom. The number of hydrogen-bond donors (Lipinski definition) is 2. The first kappa shape index (κ1) is 15.9. The van der Waals surface area contributed by atoms with Gasteiger partial charge in [-0.1, -0.05) is 27.7 Å². The average Bonchev–Trinajstić information content (AvgIpc) is 1.95. The first-order valence-corrected chi connectivity index (χ1v) is 6.16. The summed E-state index contributed by atoms with van der Waals surface area (Å²) in [5.41, 5.74) is -0.388. The Bertz CT molecular complexity index is 195. The average molecular weight is 230 g/mol. The van der Waals surface area contributed by atoms with Crippen LogP contribution in [0.4, 0.5) is 0 Å². The smallest absolute Gasteiger partial charge is 0.0718 e. The maximum atomic E-state index is 9.75. The molecule has 0 radical (unpaired) electrons. The normalized spacial score (nSPS) is 13.9. The molecule has 2 N–H and O–H groups in total. The summed E-state index contributed by atoms with van der Waals surface area (Å²) in [5, 5.41) is 13.2. The molecular formula is C13H30N2O. The van der Waals surface area contributed by atoms with Gasteiger partial charge in [-0.25, -0.2) is 0 Å². The number of likely N-dealkylation sites (N-methyl/N-ethyl adjacent to an activating group) is 1. The summed E-state index contributed by atoms with van der Waals surface area (Å²) in [6.07, 6.45) is 0. The first-order valence-electron chi connectivity index (χ1n) is 6.16. The molecule has 0 aromatic heterocycles. The Balaban J connectivity index is 4.04. The lowest BCUT2D eigenvalue weighted by molar-refractivity contribution is 0.0338. The highest BCUT2D eigenvalue weighted by Gasteiger charge is 2.23. The molecule has 0 heterocycles. The van der Waals surface area contributed by atoms with Gasteiger partial charge in [-0.2, -0.15) is 0 Å². The third kappa shape index (κ3) is 9.13. The van der Waals surface area contributed by atoms with E-state index in [0.717, 1.165) is 13.1 Å². The van der Waals surface area contributed by atoms with Crippen molar-refractivity contribution in [2.75, 3.05) is 26.7 Å². The SMILES string of the molecule is CC(C)NCC(C)(C)CN(C)CC(C)(C)O. The van der Waals surface area contributed by atoms with Crippen LogP contribution in [-0.2, 0) is 0 Å². The lowest BCUT2D eigenvalue weighted by Crippen LogP contribution is -2.44. The first-order chi connectivity index (χ1) is 7.02.